The number of hydrogen-bond acceptors (Lipinski definition) is 1. The van der Waals surface area contributed by atoms with E-state index >= 15 is 0 Å². The summed E-state index contributed by atoms with van der Waals surface area (Å²) in [6, 6.07) is 4.98. The van der Waals surface area contributed by atoms with Crippen LogP contribution in [0.25, 0.3) is 0 Å². The van der Waals surface area contributed by atoms with Gasteiger partial charge in [-0.1, -0.05) is 44.9 Å². The van der Waals surface area contributed by atoms with Crippen LogP contribution >= 0.6 is 11.6 Å². The topological polar surface area (TPSA) is 26.0 Å². The van der Waals surface area contributed by atoms with Crippen molar-refractivity contribution in [1.29, 1.82) is 0 Å². The molecule has 3 unspecified atom stereocenters. The molecule has 1 fully saturated rings. The third-order valence-corrected chi connectivity index (χ3v) is 5.05. The molecule has 0 saturated heterocycles. The molecule has 3 atom stereocenters. The van der Waals surface area contributed by atoms with Crippen LogP contribution in [-0.4, -0.2) is 5.54 Å². The molecular formula is C17H25ClFN. The monoisotopic (exact) mass is 297 g/mol. The first kappa shape index (κ1) is 15.8. The summed E-state index contributed by atoms with van der Waals surface area (Å²) in [5.41, 5.74) is 7.62. The summed E-state index contributed by atoms with van der Waals surface area (Å²) >= 11 is 5.89. The molecule has 0 amide bonds. The molecule has 20 heavy (non-hydrogen) atoms. The summed E-state index contributed by atoms with van der Waals surface area (Å²) in [6.07, 6.45) is 4.25. The Morgan fingerprint density at radius 2 is 2.10 bits per heavy atom. The van der Waals surface area contributed by atoms with Gasteiger partial charge in [-0.2, -0.15) is 0 Å². The number of benzene rings is 1. The minimum Gasteiger partial charge on any atom is -0.325 e. The Morgan fingerprint density at radius 3 is 2.70 bits per heavy atom. The summed E-state index contributed by atoms with van der Waals surface area (Å²) in [5, 5.41) is 0.191. The van der Waals surface area contributed by atoms with Gasteiger partial charge in [0.05, 0.1) is 5.02 Å². The molecule has 0 radical (unpaired) electrons. The largest absolute Gasteiger partial charge is 0.325 e. The highest BCUT2D eigenvalue weighted by Crippen LogP contribution is 2.41. The highest BCUT2D eigenvalue weighted by molar-refractivity contribution is 6.30. The van der Waals surface area contributed by atoms with Crippen LogP contribution in [0.3, 0.4) is 0 Å². The molecular weight excluding hydrogens is 273 g/mol. The molecule has 0 bridgehead atoms. The molecule has 1 saturated carbocycles. The third kappa shape index (κ3) is 3.35. The van der Waals surface area contributed by atoms with Gasteiger partial charge in [0.1, 0.15) is 5.82 Å². The van der Waals surface area contributed by atoms with Crippen LogP contribution in [0.15, 0.2) is 18.2 Å². The normalized spacial score (nSPS) is 30.8. The first-order chi connectivity index (χ1) is 9.32. The molecule has 2 rings (SSSR count). The van der Waals surface area contributed by atoms with Crippen molar-refractivity contribution in [1.82, 2.24) is 0 Å². The van der Waals surface area contributed by atoms with Gasteiger partial charge in [0.2, 0.25) is 0 Å². The minimum absolute atomic E-state index is 0.191. The predicted octanol–water partition coefficient (Wildman–Crippen LogP) is 4.81. The molecule has 0 heterocycles. The van der Waals surface area contributed by atoms with Gasteiger partial charge in [-0.3, -0.25) is 0 Å². The Balaban J connectivity index is 2.24. The van der Waals surface area contributed by atoms with E-state index in [0.29, 0.717) is 17.8 Å². The van der Waals surface area contributed by atoms with Crippen molar-refractivity contribution in [2.75, 3.05) is 0 Å². The van der Waals surface area contributed by atoms with Gasteiger partial charge < -0.3 is 5.73 Å². The lowest BCUT2D eigenvalue weighted by Crippen LogP contribution is -2.54. The van der Waals surface area contributed by atoms with E-state index in [1.54, 1.807) is 6.07 Å². The van der Waals surface area contributed by atoms with Crippen LogP contribution in [0.4, 0.5) is 4.39 Å². The van der Waals surface area contributed by atoms with Gasteiger partial charge in [0.25, 0.3) is 0 Å². The lowest BCUT2D eigenvalue weighted by atomic mass is 9.63. The Labute approximate surface area is 126 Å². The number of rotatable bonds is 3. The van der Waals surface area contributed by atoms with E-state index in [1.165, 1.54) is 18.9 Å². The van der Waals surface area contributed by atoms with Crippen molar-refractivity contribution in [3.63, 3.8) is 0 Å². The fourth-order valence-corrected chi connectivity index (χ4v) is 4.09. The van der Waals surface area contributed by atoms with E-state index in [9.17, 15) is 4.39 Å². The van der Waals surface area contributed by atoms with Crippen molar-refractivity contribution < 1.29 is 4.39 Å². The number of hydrogen-bond donors (Lipinski definition) is 1. The van der Waals surface area contributed by atoms with E-state index in [1.807, 2.05) is 6.07 Å². The van der Waals surface area contributed by atoms with E-state index < -0.39 is 0 Å². The third-order valence-electron chi connectivity index (χ3n) is 4.76. The van der Waals surface area contributed by atoms with E-state index in [-0.39, 0.29) is 16.4 Å². The van der Waals surface area contributed by atoms with Gasteiger partial charge in [-0.15, -0.1) is 0 Å². The molecule has 2 N–H and O–H groups in total. The van der Waals surface area contributed by atoms with Crippen molar-refractivity contribution >= 4 is 11.6 Å². The zero-order valence-corrected chi connectivity index (χ0v) is 13.4. The maximum absolute atomic E-state index is 13.3. The highest BCUT2D eigenvalue weighted by atomic mass is 35.5. The van der Waals surface area contributed by atoms with E-state index in [2.05, 4.69) is 20.8 Å². The van der Waals surface area contributed by atoms with Gasteiger partial charge >= 0.3 is 0 Å². The first-order valence-electron chi connectivity index (χ1n) is 7.54. The van der Waals surface area contributed by atoms with E-state index in [0.717, 1.165) is 18.4 Å². The Kier molecular flexibility index (Phi) is 4.76. The highest BCUT2D eigenvalue weighted by Gasteiger charge is 2.41. The quantitative estimate of drug-likeness (QED) is 0.851. The Bertz CT molecular complexity index is 474. The van der Waals surface area contributed by atoms with Crippen molar-refractivity contribution in [3.8, 4) is 0 Å². The molecule has 1 aliphatic rings. The Hall–Kier alpha value is -0.600. The summed E-state index contributed by atoms with van der Waals surface area (Å²) in [7, 11) is 0. The van der Waals surface area contributed by atoms with Crippen LogP contribution in [0.2, 0.25) is 5.02 Å². The molecule has 112 valence electrons. The summed E-state index contributed by atoms with van der Waals surface area (Å²) in [5.74, 6) is 1.38. The van der Waals surface area contributed by atoms with Gasteiger partial charge in [0.15, 0.2) is 0 Å². The summed E-state index contributed by atoms with van der Waals surface area (Å²) < 4.78 is 13.3. The maximum atomic E-state index is 13.3. The zero-order chi connectivity index (χ0) is 14.9. The molecule has 1 aromatic rings. The maximum Gasteiger partial charge on any atom is 0.141 e. The van der Waals surface area contributed by atoms with Crippen LogP contribution in [0.5, 0.6) is 0 Å². The molecule has 1 nitrogen and oxygen atoms in total. The predicted molar refractivity (Wildman–Crippen MR) is 83.4 cm³/mol. The summed E-state index contributed by atoms with van der Waals surface area (Å²) in [6.45, 7) is 6.77. The summed E-state index contributed by atoms with van der Waals surface area (Å²) in [4.78, 5) is 0. The molecule has 0 aromatic heterocycles. The van der Waals surface area contributed by atoms with Crippen LogP contribution in [-0.2, 0) is 6.42 Å². The minimum atomic E-state index is -0.362. The second-order valence-corrected chi connectivity index (χ2v) is 7.30. The van der Waals surface area contributed by atoms with E-state index in [4.69, 9.17) is 17.3 Å². The number of halogens is 2. The molecule has 0 spiro atoms. The molecule has 3 heteroatoms. The molecule has 1 aliphatic carbocycles. The van der Waals surface area contributed by atoms with Crippen molar-refractivity contribution in [3.05, 3.63) is 34.6 Å². The van der Waals surface area contributed by atoms with Gasteiger partial charge in [0, 0.05) is 5.54 Å². The first-order valence-corrected chi connectivity index (χ1v) is 7.92. The second kappa shape index (κ2) is 6.03. The fourth-order valence-electron chi connectivity index (χ4n) is 3.88. The SMILES string of the molecule is CC1CCC(C(C)C)C(N)(Cc2ccc(F)c(Cl)c2)C1. The molecule has 1 aromatic carbocycles. The zero-order valence-electron chi connectivity index (χ0n) is 12.6. The van der Waals surface area contributed by atoms with Crippen LogP contribution < -0.4 is 5.73 Å². The standard InChI is InChI=1S/C17H25ClFN/c1-11(2)14-6-4-12(3)9-17(14,20)10-13-5-7-16(19)15(18)8-13/h5,7-8,11-12,14H,4,6,9-10,20H2,1-3H3. The van der Waals surface area contributed by atoms with Crippen molar-refractivity contribution in [2.24, 2.45) is 23.5 Å². The average Bonchev–Trinajstić information content (AvgIpc) is 2.32. The average molecular weight is 298 g/mol. The lowest BCUT2D eigenvalue weighted by molar-refractivity contribution is 0.109. The molecule has 0 aliphatic heterocycles. The van der Waals surface area contributed by atoms with Crippen LogP contribution in [0.1, 0.15) is 45.6 Å². The number of nitrogens with two attached hydrogens (primary N) is 1. The van der Waals surface area contributed by atoms with Gasteiger partial charge in [-0.25, -0.2) is 4.39 Å². The van der Waals surface area contributed by atoms with Crippen LogP contribution in [0, 0.1) is 23.6 Å². The second-order valence-electron chi connectivity index (χ2n) is 6.90. The lowest BCUT2D eigenvalue weighted by Gasteiger charge is -2.46. The Morgan fingerprint density at radius 1 is 1.40 bits per heavy atom. The van der Waals surface area contributed by atoms with Crippen molar-refractivity contribution in [2.45, 2.75) is 52.0 Å². The smallest absolute Gasteiger partial charge is 0.141 e. The van der Waals surface area contributed by atoms with Gasteiger partial charge in [-0.05, 0) is 54.7 Å². The fraction of sp³-hybridized carbons (Fsp3) is 0.647.